The Morgan fingerprint density at radius 2 is 1.94 bits per heavy atom. The Bertz CT molecular complexity index is 723. The number of hydrogen-bond donors (Lipinski definition) is 0. The summed E-state index contributed by atoms with van der Waals surface area (Å²) < 4.78 is 26.8. The number of aromatic nitrogens is 1. The Morgan fingerprint density at radius 1 is 1.06 bits per heavy atom. The van der Waals surface area contributed by atoms with E-state index in [2.05, 4.69) is 11.1 Å². The van der Waals surface area contributed by atoms with Crippen LogP contribution in [0.1, 0.15) is 0 Å². The zero-order valence-electron chi connectivity index (χ0n) is 9.32. The van der Waals surface area contributed by atoms with Crippen LogP contribution in [0.25, 0.3) is 22.0 Å². The second-order valence-electron chi connectivity index (χ2n) is 3.93. The molecule has 18 heavy (non-hydrogen) atoms. The Labute approximate surface area is 103 Å². The highest BCUT2D eigenvalue weighted by Crippen LogP contribution is 2.26. The van der Waals surface area contributed by atoms with Gasteiger partial charge in [0, 0.05) is 17.1 Å². The highest BCUT2D eigenvalue weighted by molar-refractivity contribution is 5.84. The fourth-order valence-corrected chi connectivity index (χ4v) is 1.90. The van der Waals surface area contributed by atoms with Crippen molar-refractivity contribution >= 4 is 10.9 Å². The van der Waals surface area contributed by atoms with Crippen molar-refractivity contribution in [3.8, 4) is 11.1 Å². The van der Waals surface area contributed by atoms with Crippen LogP contribution in [0.3, 0.4) is 0 Å². The van der Waals surface area contributed by atoms with Gasteiger partial charge < -0.3 is 0 Å². The van der Waals surface area contributed by atoms with Gasteiger partial charge in [-0.3, -0.25) is 4.98 Å². The molecule has 0 aliphatic rings. The van der Waals surface area contributed by atoms with Gasteiger partial charge in [0.2, 0.25) is 0 Å². The van der Waals surface area contributed by atoms with Gasteiger partial charge in [-0.25, -0.2) is 8.78 Å². The van der Waals surface area contributed by atoms with E-state index in [0.29, 0.717) is 5.56 Å². The van der Waals surface area contributed by atoms with E-state index in [0.717, 1.165) is 17.0 Å². The monoisotopic (exact) mass is 240 g/mol. The molecule has 0 saturated carbocycles. The molecule has 1 heterocycles. The predicted molar refractivity (Wildman–Crippen MR) is 65.9 cm³/mol. The molecule has 1 aromatic heterocycles. The first-order valence-electron chi connectivity index (χ1n) is 5.46. The highest BCUT2D eigenvalue weighted by Gasteiger charge is 2.10. The second kappa shape index (κ2) is 4.18. The minimum Gasteiger partial charge on any atom is -0.256 e. The normalized spacial score (nSPS) is 10.8. The maximum Gasteiger partial charge on any atom is 0.167 e. The van der Waals surface area contributed by atoms with Crippen LogP contribution in [-0.2, 0) is 0 Å². The molecular formula is C15H8F2N. The maximum atomic E-state index is 13.7. The summed E-state index contributed by atoms with van der Waals surface area (Å²) in [6.07, 6.45) is 1.69. The van der Waals surface area contributed by atoms with Crippen LogP contribution < -0.4 is 0 Å². The molecule has 1 radical (unpaired) electrons. The van der Waals surface area contributed by atoms with Gasteiger partial charge in [0.1, 0.15) is 0 Å². The average molecular weight is 240 g/mol. The molecule has 0 bridgehead atoms. The van der Waals surface area contributed by atoms with Gasteiger partial charge in [0.05, 0.1) is 5.52 Å². The molecule has 0 spiro atoms. The van der Waals surface area contributed by atoms with E-state index < -0.39 is 11.6 Å². The van der Waals surface area contributed by atoms with Crippen molar-refractivity contribution in [2.45, 2.75) is 0 Å². The zero-order chi connectivity index (χ0) is 12.5. The lowest BCUT2D eigenvalue weighted by molar-refractivity contribution is 0.511. The summed E-state index contributed by atoms with van der Waals surface area (Å²) in [6, 6.07) is 14.1. The SMILES string of the molecule is Fc1cc[c]c(-c2ccc3ncccc3c2)c1F. The Kier molecular flexibility index (Phi) is 2.52. The number of benzene rings is 2. The lowest BCUT2D eigenvalue weighted by atomic mass is 10.0. The number of pyridine rings is 1. The molecule has 2 aromatic carbocycles. The number of hydrogen-bond acceptors (Lipinski definition) is 1. The maximum absolute atomic E-state index is 13.7. The van der Waals surface area contributed by atoms with Crippen LogP contribution in [0.4, 0.5) is 8.78 Å². The highest BCUT2D eigenvalue weighted by atomic mass is 19.2. The lowest BCUT2D eigenvalue weighted by Gasteiger charge is -2.05. The van der Waals surface area contributed by atoms with E-state index >= 15 is 0 Å². The third-order valence-electron chi connectivity index (χ3n) is 2.78. The van der Waals surface area contributed by atoms with Gasteiger partial charge in [-0.1, -0.05) is 18.2 Å². The lowest BCUT2D eigenvalue weighted by Crippen LogP contribution is -1.89. The molecule has 0 fully saturated rings. The fourth-order valence-electron chi connectivity index (χ4n) is 1.90. The fraction of sp³-hybridized carbons (Fsp3) is 0. The first kappa shape index (κ1) is 10.8. The molecule has 3 aromatic rings. The van der Waals surface area contributed by atoms with Crippen molar-refractivity contribution in [3.63, 3.8) is 0 Å². The van der Waals surface area contributed by atoms with Crippen LogP contribution in [-0.4, -0.2) is 4.98 Å². The van der Waals surface area contributed by atoms with Crippen molar-refractivity contribution in [2.75, 3.05) is 0 Å². The van der Waals surface area contributed by atoms with E-state index in [-0.39, 0.29) is 5.56 Å². The molecule has 0 aliphatic heterocycles. The molecular weight excluding hydrogens is 232 g/mol. The zero-order valence-corrected chi connectivity index (χ0v) is 9.32. The molecule has 0 unspecified atom stereocenters. The van der Waals surface area contributed by atoms with E-state index in [1.54, 1.807) is 30.5 Å². The van der Waals surface area contributed by atoms with Gasteiger partial charge in [0.25, 0.3) is 0 Å². The van der Waals surface area contributed by atoms with Gasteiger partial charge in [-0.2, -0.15) is 0 Å². The number of halogens is 2. The van der Waals surface area contributed by atoms with Gasteiger partial charge in [0.15, 0.2) is 11.6 Å². The van der Waals surface area contributed by atoms with Crippen LogP contribution in [0, 0.1) is 17.7 Å². The molecule has 0 saturated heterocycles. The van der Waals surface area contributed by atoms with E-state index in [1.807, 2.05) is 6.07 Å². The molecule has 87 valence electrons. The summed E-state index contributed by atoms with van der Waals surface area (Å²) in [7, 11) is 0. The Morgan fingerprint density at radius 3 is 2.83 bits per heavy atom. The van der Waals surface area contributed by atoms with Crippen LogP contribution in [0.15, 0.2) is 48.7 Å². The topological polar surface area (TPSA) is 12.9 Å². The molecule has 0 amide bonds. The first-order valence-corrected chi connectivity index (χ1v) is 5.46. The van der Waals surface area contributed by atoms with E-state index in [9.17, 15) is 8.78 Å². The molecule has 1 nitrogen and oxygen atoms in total. The molecule has 0 atom stereocenters. The average Bonchev–Trinajstić information content (AvgIpc) is 2.41. The van der Waals surface area contributed by atoms with Crippen LogP contribution in [0.2, 0.25) is 0 Å². The Hall–Kier alpha value is -2.29. The summed E-state index contributed by atoms with van der Waals surface area (Å²) in [5.41, 5.74) is 1.55. The summed E-state index contributed by atoms with van der Waals surface area (Å²) in [4.78, 5) is 4.18. The number of rotatable bonds is 1. The Balaban J connectivity index is 2.22. The third-order valence-corrected chi connectivity index (χ3v) is 2.78. The smallest absolute Gasteiger partial charge is 0.167 e. The van der Waals surface area contributed by atoms with Crippen LogP contribution >= 0.6 is 0 Å². The standard InChI is InChI=1S/C15H8F2N/c16-13-5-1-4-12(15(13)17)10-6-7-14-11(9-10)3-2-8-18-14/h1-3,5-9H. The van der Waals surface area contributed by atoms with Crippen molar-refractivity contribution < 1.29 is 8.78 Å². The van der Waals surface area contributed by atoms with Gasteiger partial charge in [-0.05, 0) is 35.9 Å². The number of nitrogens with zero attached hydrogens (tertiary/aromatic N) is 1. The van der Waals surface area contributed by atoms with Crippen molar-refractivity contribution in [3.05, 3.63) is 66.4 Å². The minimum atomic E-state index is -0.874. The molecule has 3 heteroatoms. The minimum absolute atomic E-state index is 0.140. The van der Waals surface area contributed by atoms with Crippen molar-refractivity contribution in [1.82, 2.24) is 4.98 Å². The predicted octanol–water partition coefficient (Wildman–Crippen LogP) is 3.98. The van der Waals surface area contributed by atoms with Crippen molar-refractivity contribution in [2.24, 2.45) is 0 Å². The summed E-state index contributed by atoms with van der Waals surface area (Å²) >= 11 is 0. The summed E-state index contributed by atoms with van der Waals surface area (Å²) in [5.74, 6) is -1.74. The largest absolute Gasteiger partial charge is 0.256 e. The molecule has 3 rings (SSSR count). The third kappa shape index (κ3) is 1.74. The first-order chi connectivity index (χ1) is 8.75. The summed E-state index contributed by atoms with van der Waals surface area (Å²) in [6.45, 7) is 0. The summed E-state index contributed by atoms with van der Waals surface area (Å²) in [5, 5.41) is 0.882. The second-order valence-corrected chi connectivity index (χ2v) is 3.93. The quantitative estimate of drug-likeness (QED) is 0.627. The molecule has 0 N–H and O–H groups in total. The van der Waals surface area contributed by atoms with Crippen molar-refractivity contribution in [1.29, 1.82) is 0 Å². The van der Waals surface area contributed by atoms with E-state index in [4.69, 9.17) is 0 Å². The van der Waals surface area contributed by atoms with Gasteiger partial charge >= 0.3 is 0 Å². The molecule has 0 aliphatic carbocycles. The van der Waals surface area contributed by atoms with Gasteiger partial charge in [-0.15, -0.1) is 0 Å². The van der Waals surface area contributed by atoms with E-state index in [1.165, 1.54) is 6.07 Å². The number of fused-ring (bicyclic) bond motifs is 1. The van der Waals surface area contributed by atoms with Crippen LogP contribution in [0.5, 0.6) is 0 Å².